The van der Waals surface area contributed by atoms with Gasteiger partial charge in [0.15, 0.2) is 0 Å². The molecule has 0 bridgehead atoms. The first-order valence-electron chi connectivity index (χ1n) is 12.5. The number of likely N-dealkylation sites (N-methyl/N-ethyl adjacent to an activating group) is 1. The standard InChI is InChI=1S/C29H33F3N2O5S/c1-28(2,17-21-6-4-8-24(14-21)29(30,31)32)33-18-25(35)19-34(3)40(38,39)26-9-5-7-23(16-26)22-12-10-20(11-13-22)15-27(36)37/h4-14,16,25,33,35H,15,17-19H2,1-3H3,(H,36,37). The number of sulfonamides is 1. The number of halogens is 3. The molecule has 0 fully saturated rings. The van der Waals surface area contributed by atoms with Crippen LogP contribution in [0.2, 0.25) is 0 Å². The van der Waals surface area contributed by atoms with Crippen molar-refractivity contribution in [2.24, 2.45) is 0 Å². The quantitative estimate of drug-likeness (QED) is 0.290. The van der Waals surface area contributed by atoms with Crippen molar-refractivity contribution in [2.75, 3.05) is 20.1 Å². The number of hydrogen-bond donors (Lipinski definition) is 3. The number of carboxylic acid groups (broad SMARTS) is 1. The van der Waals surface area contributed by atoms with E-state index in [1.54, 1.807) is 56.3 Å². The van der Waals surface area contributed by atoms with Crippen LogP contribution in [-0.2, 0) is 33.8 Å². The molecule has 0 aliphatic rings. The van der Waals surface area contributed by atoms with Gasteiger partial charge in [-0.1, -0.05) is 54.6 Å². The van der Waals surface area contributed by atoms with Crippen molar-refractivity contribution in [2.45, 2.75) is 49.4 Å². The van der Waals surface area contributed by atoms with Crippen LogP contribution in [0.3, 0.4) is 0 Å². The Balaban J connectivity index is 1.62. The zero-order valence-corrected chi connectivity index (χ0v) is 23.3. The number of aliphatic carboxylic acids is 1. The number of carbonyl (C=O) groups is 1. The van der Waals surface area contributed by atoms with Gasteiger partial charge >= 0.3 is 12.1 Å². The lowest BCUT2D eigenvalue weighted by Crippen LogP contribution is -2.47. The molecule has 3 aromatic carbocycles. The van der Waals surface area contributed by atoms with Crippen LogP contribution in [0.15, 0.2) is 77.7 Å². The first-order valence-corrected chi connectivity index (χ1v) is 14.0. The molecular weight excluding hydrogens is 545 g/mol. The first kappa shape index (κ1) is 31.3. The third-order valence-electron chi connectivity index (χ3n) is 6.37. The number of carboxylic acids is 1. The van der Waals surface area contributed by atoms with Crippen LogP contribution in [0, 0.1) is 0 Å². The Morgan fingerprint density at radius 2 is 1.60 bits per heavy atom. The highest BCUT2D eigenvalue weighted by molar-refractivity contribution is 7.89. The summed E-state index contributed by atoms with van der Waals surface area (Å²) in [7, 11) is -2.59. The molecule has 1 unspecified atom stereocenters. The minimum absolute atomic E-state index is 0.0224. The Morgan fingerprint density at radius 1 is 0.950 bits per heavy atom. The van der Waals surface area contributed by atoms with Gasteiger partial charge in [0.2, 0.25) is 10.0 Å². The third kappa shape index (κ3) is 8.62. The highest BCUT2D eigenvalue weighted by Gasteiger charge is 2.31. The van der Waals surface area contributed by atoms with E-state index in [0.717, 1.165) is 22.0 Å². The smallest absolute Gasteiger partial charge is 0.416 e. The molecule has 0 heterocycles. The second kappa shape index (κ2) is 12.5. The molecule has 3 aromatic rings. The van der Waals surface area contributed by atoms with E-state index in [1.165, 1.54) is 25.2 Å². The normalized spacial score (nSPS) is 13.4. The van der Waals surface area contributed by atoms with E-state index >= 15 is 0 Å². The summed E-state index contributed by atoms with van der Waals surface area (Å²) >= 11 is 0. The molecular formula is C29H33F3N2O5S. The maximum Gasteiger partial charge on any atom is 0.416 e. The fourth-order valence-corrected chi connectivity index (χ4v) is 5.54. The van der Waals surface area contributed by atoms with E-state index in [0.29, 0.717) is 16.7 Å². The van der Waals surface area contributed by atoms with Gasteiger partial charge in [-0.2, -0.15) is 17.5 Å². The number of β-amino-alcohol motifs (C(OH)–C–C–N with tert-alkyl or cyclic N) is 1. The van der Waals surface area contributed by atoms with Crippen LogP contribution in [0.25, 0.3) is 11.1 Å². The second-order valence-corrected chi connectivity index (χ2v) is 12.4. The summed E-state index contributed by atoms with van der Waals surface area (Å²) in [6.45, 7) is 3.40. The van der Waals surface area contributed by atoms with Crippen molar-refractivity contribution in [3.63, 3.8) is 0 Å². The number of benzene rings is 3. The summed E-state index contributed by atoms with van der Waals surface area (Å²) in [6, 6.07) is 18.2. The van der Waals surface area contributed by atoms with Gasteiger partial charge in [0.05, 0.1) is 23.0 Å². The molecule has 3 rings (SSSR count). The molecule has 11 heteroatoms. The Labute approximate surface area is 232 Å². The van der Waals surface area contributed by atoms with Crippen molar-refractivity contribution in [3.8, 4) is 11.1 Å². The summed E-state index contributed by atoms with van der Waals surface area (Å²) in [6.07, 6.45) is -5.36. The van der Waals surface area contributed by atoms with Crippen molar-refractivity contribution in [1.29, 1.82) is 0 Å². The average Bonchev–Trinajstić information content (AvgIpc) is 2.87. The average molecular weight is 579 g/mol. The second-order valence-electron chi connectivity index (χ2n) is 10.4. The van der Waals surface area contributed by atoms with Gasteiger partial charge in [-0.25, -0.2) is 8.42 Å². The predicted octanol–water partition coefficient (Wildman–Crippen LogP) is 4.59. The highest BCUT2D eigenvalue weighted by atomic mass is 32.2. The number of rotatable bonds is 12. The van der Waals surface area contributed by atoms with Crippen LogP contribution < -0.4 is 5.32 Å². The fourth-order valence-electron chi connectivity index (χ4n) is 4.29. The number of nitrogens with one attached hydrogen (secondary N) is 1. The van der Waals surface area contributed by atoms with Crippen LogP contribution in [0.1, 0.15) is 30.5 Å². The Bertz CT molecular complexity index is 1420. The molecule has 7 nitrogen and oxygen atoms in total. The van der Waals surface area contributed by atoms with Gasteiger partial charge in [0.1, 0.15) is 0 Å². The number of aliphatic hydroxyl groups is 1. The lowest BCUT2D eigenvalue weighted by atomic mass is 9.93. The molecule has 0 saturated carbocycles. The number of nitrogens with zero attached hydrogens (tertiary/aromatic N) is 1. The Hall–Kier alpha value is -3.25. The van der Waals surface area contributed by atoms with Crippen molar-refractivity contribution in [3.05, 3.63) is 89.5 Å². The van der Waals surface area contributed by atoms with Gasteiger partial charge in [-0.05, 0) is 60.7 Å². The SMILES string of the molecule is CN(CC(O)CNC(C)(C)Cc1cccc(C(F)(F)F)c1)S(=O)(=O)c1cccc(-c2ccc(CC(=O)O)cc2)c1. The molecule has 0 aromatic heterocycles. The zero-order valence-electron chi connectivity index (χ0n) is 22.4. The maximum absolute atomic E-state index is 13.2. The Kier molecular flexibility index (Phi) is 9.78. The van der Waals surface area contributed by atoms with E-state index in [1.807, 2.05) is 0 Å². The van der Waals surface area contributed by atoms with Crippen LogP contribution in [0.5, 0.6) is 0 Å². The maximum atomic E-state index is 13.2. The van der Waals surface area contributed by atoms with Gasteiger partial charge in [-0.3, -0.25) is 4.79 Å². The topological polar surface area (TPSA) is 107 Å². The van der Waals surface area contributed by atoms with E-state index in [-0.39, 0.29) is 30.8 Å². The monoisotopic (exact) mass is 578 g/mol. The Morgan fingerprint density at radius 3 is 2.23 bits per heavy atom. The summed E-state index contributed by atoms with van der Waals surface area (Å²) in [5.74, 6) is -0.944. The van der Waals surface area contributed by atoms with Gasteiger partial charge in [0.25, 0.3) is 0 Å². The molecule has 0 saturated heterocycles. The molecule has 0 radical (unpaired) electrons. The third-order valence-corrected chi connectivity index (χ3v) is 8.19. The minimum atomic E-state index is -4.44. The predicted molar refractivity (Wildman–Crippen MR) is 146 cm³/mol. The fraction of sp³-hybridized carbons (Fsp3) is 0.345. The van der Waals surface area contributed by atoms with E-state index in [9.17, 15) is 31.5 Å². The van der Waals surface area contributed by atoms with E-state index in [4.69, 9.17) is 5.11 Å². The van der Waals surface area contributed by atoms with Gasteiger partial charge in [0, 0.05) is 25.7 Å². The molecule has 0 spiro atoms. The van der Waals surface area contributed by atoms with Crippen molar-refractivity contribution >= 4 is 16.0 Å². The van der Waals surface area contributed by atoms with Crippen molar-refractivity contribution in [1.82, 2.24) is 9.62 Å². The highest BCUT2D eigenvalue weighted by Crippen LogP contribution is 2.30. The lowest BCUT2D eigenvalue weighted by Gasteiger charge is -2.29. The summed E-state index contributed by atoms with van der Waals surface area (Å²) in [4.78, 5) is 10.9. The largest absolute Gasteiger partial charge is 0.481 e. The van der Waals surface area contributed by atoms with Crippen LogP contribution in [-0.4, -0.2) is 60.7 Å². The molecule has 0 aliphatic heterocycles. The molecule has 0 amide bonds. The number of aliphatic hydroxyl groups excluding tert-OH is 1. The molecule has 0 aliphatic carbocycles. The summed E-state index contributed by atoms with van der Waals surface area (Å²) in [5.41, 5.74) is 1.07. The molecule has 1 atom stereocenters. The van der Waals surface area contributed by atoms with Gasteiger partial charge in [-0.15, -0.1) is 0 Å². The molecule has 3 N–H and O–H groups in total. The lowest BCUT2D eigenvalue weighted by molar-refractivity contribution is -0.138. The zero-order chi connectivity index (χ0) is 29.7. The molecule has 40 heavy (non-hydrogen) atoms. The first-order chi connectivity index (χ1) is 18.6. The van der Waals surface area contributed by atoms with E-state index in [2.05, 4.69) is 5.32 Å². The molecule has 216 valence electrons. The van der Waals surface area contributed by atoms with Gasteiger partial charge < -0.3 is 15.5 Å². The van der Waals surface area contributed by atoms with Crippen molar-refractivity contribution < 1.29 is 36.6 Å². The van der Waals surface area contributed by atoms with Crippen LogP contribution in [0.4, 0.5) is 13.2 Å². The summed E-state index contributed by atoms with van der Waals surface area (Å²) < 4.78 is 66.6. The summed E-state index contributed by atoms with van der Waals surface area (Å²) in [5, 5.41) is 22.6. The van der Waals surface area contributed by atoms with Crippen LogP contribution >= 0.6 is 0 Å². The number of hydrogen-bond acceptors (Lipinski definition) is 5. The van der Waals surface area contributed by atoms with E-state index < -0.39 is 39.4 Å². The number of alkyl halides is 3. The minimum Gasteiger partial charge on any atom is -0.481 e.